The highest BCUT2D eigenvalue weighted by Gasteiger charge is 2.12. The van der Waals surface area contributed by atoms with Crippen molar-refractivity contribution in [3.63, 3.8) is 0 Å². The Morgan fingerprint density at radius 3 is 2.58 bits per heavy atom. The summed E-state index contributed by atoms with van der Waals surface area (Å²) in [5.74, 6) is -0.282. The fraction of sp³-hybridized carbons (Fsp3) is 0.417. The van der Waals surface area contributed by atoms with Crippen molar-refractivity contribution in [1.82, 2.24) is 0 Å². The molecule has 106 valence electrons. The predicted molar refractivity (Wildman–Crippen MR) is 78.8 cm³/mol. The molecule has 0 aliphatic carbocycles. The van der Waals surface area contributed by atoms with Gasteiger partial charge < -0.3 is 11.5 Å². The molecule has 0 saturated carbocycles. The molecule has 0 aliphatic heterocycles. The monoisotopic (exact) mass is 302 g/mol. The smallest absolute Gasteiger partial charge is 0.218 e. The molecular weight excluding hydrogens is 284 g/mol. The molecule has 1 aromatic rings. The van der Waals surface area contributed by atoms with Gasteiger partial charge in [-0.25, -0.2) is 8.42 Å². The van der Waals surface area contributed by atoms with Gasteiger partial charge in [0.15, 0.2) is 9.84 Å². The fourth-order valence-corrected chi connectivity index (χ4v) is 4.21. The SMILES string of the molecule is Cc1cc(N)ccc1SCCS(=O)(=O)CCC(N)=O. The van der Waals surface area contributed by atoms with Crippen LogP contribution in [0.15, 0.2) is 23.1 Å². The number of primary amides is 1. The Morgan fingerprint density at radius 1 is 1.32 bits per heavy atom. The molecular formula is C12H18N2O3S2. The third-order valence-electron chi connectivity index (χ3n) is 2.51. The van der Waals surface area contributed by atoms with E-state index in [0.29, 0.717) is 11.4 Å². The van der Waals surface area contributed by atoms with Crippen LogP contribution in [0, 0.1) is 6.92 Å². The Kier molecular flexibility index (Phi) is 5.68. The molecule has 0 atom stereocenters. The maximum absolute atomic E-state index is 11.6. The Morgan fingerprint density at radius 2 is 2.00 bits per heavy atom. The van der Waals surface area contributed by atoms with Crippen molar-refractivity contribution in [2.24, 2.45) is 5.73 Å². The summed E-state index contributed by atoms with van der Waals surface area (Å²) in [7, 11) is -3.21. The van der Waals surface area contributed by atoms with Crippen LogP contribution in [-0.2, 0) is 14.6 Å². The van der Waals surface area contributed by atoms with E-state index in [2.05, 4.69) is 0 Å². The minimum Gasteiger partial charge on any atom is -0.399 e. The van der Waals surface area contributed by atoms with E-state index < -0.39 is 15.7 Å². The molecule has 0 heterocycles. The molecule has 0 radical (unpaired) electrons. The van der Waals surface area contributed by atoms with Crippen LogP contribution in [0.5, 0.6) is 0 Å². The number of sulfone groups is 1. The van der Waals surface area contributed by atoms with E-state index in [1.165, 1.54) is 11.8 Å². The van der Waals surface area contributed by atoms with Crippen molar-refractivity contribution >= 4 is 33.2 Å². The van der Waals surface area contributed by atoms with E-state index >= 15 is 0 Å². The number of amides is 1. The number of carbonyl (C=O) groups excluding carboxylic acids is 1. The first-order valence-corrected chi connectivity index (χ1v) is 8.58. The van der Waals surface area contributed by atoms with Gasteiger partial charge in [-0.05, 0) is 30.7 Å². The molecule has 0 bridgehead atoms. The highest BCUT2D eigenvalue weighted by molar-refractivity contribution is 8.00. The van der Waals surface area contributed by atoms with Crippen LogP contribution in [0.25, 0.3) is 0 Å². The first-order chi connectivity index (χ1) is 8.80. The molecule has 0 fully saturated rings. The number of rotatable bonds is 7. The van der Waals surface area contributed by atoms with Crippen LogP contribution in [0.2, 0.25) is 0 Å². The molecule has 0 aliphatic rings. The summed E-state index contributed by atoms with van der Waals surface area (Å²) >= 11 is 1.47. The van der Waals surface area contributed by atoms with E-state index in [9.17, 15) is 13.2 Å². The van der Waals surface area contributed by atoms with Crippen molar-refractivity contribution in [2.75, 3.05) is 23.0 Å². The average Bonchev–Trinajstić information content (AvgIpc) is 2.29. The molecule has 5 nitrogen and oxygen atoms in total. The highest BCUT2D eigenvalue weighted by Crippen LogP contribution is 2.24. The fourth-order valence-electron chi connectivity index (χ4n) is 1.47. The van der Waals surface area contributed by atoms with Crippen LogP contribution >= 0.6 is 11.8 Å². The van der Waals surface area contributed by atoms with Crippen LogP contribution in [-0.4, -0.2) is 31.6 Å². The quantitative estimate of drug-likeness (QED) is 0.577. The molecule has 0 aromatic heterocycles. The Labute approximate surface area is 117 Å². The van der Waals surface area contributed by atoms with Gasteiger partial charge in [0, 0.05) is 22.8 Å². The first kappa shape index (κ1) is 15.8. The van der Waals surface area contributed by atoms with Gasteiger partial charge in [-0.2, -0.15) is 0 Å². The van der Waals surface area contributed by atoms with E-state index in [0.717, 1.165) is 10.5 Å². The van der Waals surface area contributed by atoms with E-state index in [1.807, 2.05) is 19.1 Å². The van der Waals surface area contributed by atoms with Gasteiger partial charge in [0.2, 0.25) is 5.91 Å². The molecule has 1 amide bonds. The number of nitrogens with two attached hydrogens (primary N) is 2. The third kappa shape index (κ3) is 5.98. The standard InChI is InChI=1S/C12H18N2O3S2/c1-9-8-10(13)2-3-11(9)18-5-7-19(16,17)6-4-12(14)15/h2-3,8H,4-7,13H2,1H3,(H2,14,15). The Bertz CT molecular complexity index is 556. The van der Waals surface area contributed by atoms with Gasteiger partial charge in [-0.1, -0.05) is 0 Å². The molecule has 7 heteroatoms. The van der Waals surface area contributed by atoms with Gasteiger partial charge in [-0.3, -0.25) is 4.79 Å². The van der Waals surface area contributed by atoms with Crippen molar-refractivity contribution in [2.45, 2.75) is 18.2 Å². The summed E-state index contributed by atoms with van der Waals surface area (Å²) in [6, 6.07) is 5.52. The van der Waals surface area contributed by atoms with E-state index in [1.54, 1.807) is 6.07 Å². The lowest BCUT2D eigenvalue weighted by molar-refractivity contribution is -0.117. The van der Waals surface area contributed by atoms with Gasteiger partial charge in [0.05, 0.1) is 11.5 Å². The van der Waals surface area contributed by atoms with Gasteiger partial charge in [-0.15, -0.1) is 11.8 Å². The molecule has 1 rings (SSSR count). The number of hydrogen-bond donors (Lipinski definition) is 2. The number of thioether (sulfide) groups is 1. The van der Waals surface area contributed by atoms with E-state index in [4.69, 9.17) is 11.5 Å². The summed E-state index contributed by atoms with van der Waals surface area (Å²) in [5.41, 5.74) is 12.3. The maximum Gasteiger partial charge on any atom is 0.218 e. The van der Waals surface area contributed by atoms with Crippen molar-refractivity contribution in [3.05, 3.63) is 23.8 Å². The van der Waals surface area contributed by atoms with E-state index in [-0.39, 0.29) is 17.9 Å². The number of benzene rings is 1. The zero-order valence-corrected chi connectivity index (χ0v) is 12.4. The lowest BCUT2D eigenvalue weighted by Gasteiger charge is -2.07. The van der Waals surface area contributed by atoms with Gasteiger partial charge in [0.1, 0.15) is 0 Å². The number of nitrogen functional groups attached to an aromatic ring is 1. The zero-order valence-electron chi connectivity index (χ0n) is 10.8. The number of anilines is 1. The second kappa shape index (κ2) is 6.81. The molecule has 0 saturated heterocycles. The number of carbonyl (C=O) groups is 1. The van der Waals surface area contributed by atoms with Crippen LogP contribution < -0.4 is 11.5 Å². The minimum absolute atomic E-state index is 0.0365. The largest absolute Gasteiger partial charge is 0.399 e. The Hall–Kier alpha value is -1.21. The minimum atomic E-state index is -3.21. The molecule has 0 spiro atoms. The highest BCUT2D eigenvalue weighted by atomic mass is 32.2. The normalized spacial score (nSPS) is 11.4. The van der Waals surface area contributed by atoms with Crippen LogP contribution in [0.3, 0.4) is 0 Å². The maximum atomic E-state index is 11.6. The lowest BCUT2D eigenvalue weighted by atomic mass is 10.2. The lowest BCUT2D eigenvalue weighted by Crippen LogP contribution is -2.19. The second-order valence-electron chi connectivity index (χ2n) is 4.24. The molecule has 0 unspecified atom stereocenters. The Balaban J connectivity index is 2.47. The molecule has 4 N–H and O–H groups in total. The summed E-state index contributed by atoms with van der Waals surface area (Å²) in [5, 5.41) is 0. The third-order valence-corrected chi connectivity index (χ3v) is 5.60. The van der Waals surface area contributed by atoms with Crippen molar-refractivity contribution in [3.8, 4) is 0 Å². The van der Waals surface area contributed by atoms with Crippen LogP contribution in [0.1, 0.15) is 12.0 Å². The first-order valence-electron chi connectivity index (χ1n) is 5.78. The number of aryl methyl sites for hydroxylation is 1. The van der Waals surface area contributed by atoms with Gasteiger partial charge in [0.25, 0.3) is 0 Å². The summed E-state index contributed by atoms with van der Waals surface area (Å²) in [4.78, 5) is 11.6. The van der Waals surface area contributed by atoms with Crippen molar-refractivity contribution < 1.29 is 13.2 Å². The molecule has 1 aromatic carbocycles. The number of hydrogen-bond acceptors (Lipinski definition) is 5. The second-order valence-corrected chi connectivity index (χ2v) is 7.68. The summed E-state index contributed by atoms with van der Waals surface area (Å²) < 4.78 is 23.2. The summed E-state index contributed by atoms with van der Waals surface area (Å²) in [6.07, 6.45) is -0.117. The molecule has 19 heavy (non-hydrogen) atoms. The predicted octanol–water partition coefficient (Wildman–Crippen LogP) is 0.960. The van der Waals surface area contributed by atoms with Crippen LogP contribution in [0.4, 0.5) is 5.69 Å². The summed E-state index contributed by atoms with van der Waals surface area (Å²) in [6.45, 7) is 1.93. The topological polar surface area (TPSA) is 103 Å². The van der Waals surface area contributed by atoms with Crippen molar-refractivity contribution in [1.29, 1.82) is 0 Å². The van der Waals surface area contributed by atoms with Gasteiger partial charge >= 0.3 is 0 Å². The average molecular weight is 302 g/mol. The zero-order chi connectivity index (χ0) is 14.5.